The molecule has 8 nitrogen and oxygen atoms in total. The van der Waals surface area contributed by atoms with Crippen molar-refractivity contribution >= 4 is 19.8 Å². The van der Waals surface area contributed by atoms with Crippen molar-refractivity contribution in [3.8, 4) is 0 Å². The van der Waals surface area contributed by atoms with E-state index in [-0.39, 0.29) is 26.3 Å². The molecule has 20 heavy (non-hydrogen) atoms. The van der Waals surface area contributed by atoms with Gasteiger partial charge in [0.05, 0.1) is 13.1 Å². The van der Waals surface area contributed by atoms with Gasteiger partial charge in [-0.3, -0.25) is 4.57 Å². The van der Waals surface area contributed by atoms with E-state index in [0.29, 0.717) is 13.1 Å². The molecule has 0 aromatic carbocycles. The van der Waals surface area contributed by atoms with Crippen molar-refractivity contribution < 1.29 is 23.6 Å². The van der Waals surface area contributed by atoms with Crippen LogP contribution >= 0.6 is 7.59 Å². The molecular weight excluding hydrogens is 285 g/mol. The lowest BCUT2D eigenvalue weighted by Crippen LogP contribution is -2.43. The summed E-state index contributed by atoms with van der Waals surface area (Å²) in [5.41, 5.74) is 0. The average Bonchev–Trinajstić information content (AvgIpc) is 3.08. The van der Waals surface area contributed by atoms with E-state index in [1.54, 1.807) is 4.67 Å². The van der Waals surface area contributed by atoms with E-state index in [2.05, 4.69) is 0 Å². The average molecular weight is 303 g/mol. The molecule has 0 aromatic heterocycles. The van der Waals surface area contributed by atoms with Gasteiger partial charge < -0.3 is 9.47 Å². The number of carbonyl (C=O) groups excluding carboxylic acids is 2. The molecule has 0 spiro atoms. The van der Waals surface area contributed by atoms with Crippen molar-refractivity contribution in [2.75, 3.05) is 39.4 Å². The predicted molar refractivity (Wildman–Crippen MR) is 69.1 cm³/mol. The van der Waals surface area contributed by atoms with Crippen LogP contribution in [0.5, 0.6) is 0 Å². The van der Waals surface area contributed by atoms with Crippen LogP contribution in [0.4, 0.5) is 9.59 Å². The minimum atomic E-state index is -3.45. The maximum atomic E-state index is 13.6. The first-order valence-corrected chi connectivity index (χ1v) is 8.45. The van der Waals surface area contributed by atoms with Gasteiger partial charge in [0.15, 0.2) is 0 Å². The zero-order valence-corrected chi connectivity index (χ0v) is 12.1. The Morgan fingerprint density at radius 1 is 0.800 bits per heavy atom. The number of hydrogen-bond donors (Lipinski definition) is 0. The van der Waals surface area contributed by atoms with Gasteiger partial charge in [0.1, 0.15) is 13.2 Å². The zero-order valence-electron chi connectivity index (χ0n) is 11.2. The highest BCUT2D eigenvalue weighted by atomic mass is 31.2. The fourth-order valence-electron chi connectivity index (χ4n) is 2.82. The maximum Gasteiger partial charge on any atom is 0.417 e. The fourth-order valence-corrected chi connectivity index (χ4v) is 5.72. The molecule has 3 heterocycles. The van der Waals surface area contributed by atoms with Crippen LogP contribution in [-0.4, -0.2) is 65.6 Å². The van der Waals surface area contributed by atoms with Crippen LogP contribution < -0.4 is 0 Å². The Morgan fingerprint density at radius 2 is 1.30 bits per heavy atom. The number of rotatable bonds is 3. The molecule has 3 aliphatic rings. The van der Waals surface area contributed by atoms with Crippen molar-refractivity contribution in [3.63, 3.8) is 0 Å². The van der Waals surface area contributed by atoms with E-state index in [1.165, 1.54) is 9.34 Å². The Bertz CT molecular complexity index is 435. The molecule has 0 aromatic rings. The maximum absolute atomic E-state index is 13.6. The number of ether oxygens (including phenoxy) is 2. The third kappa shape index (κ3) is 2.07. The second kappa shape index (κ2) is 5.26. The van der Waals surface area contributed by atoms with E-state index in [1.807, 2.05) is 0 Å². The molecule has 3 aliphatic heterocycles. The Morgan fingerprint density at radius 3 is 1.70 bits per heavy atom. The molecule has 0 saturated carbocycles. The van der Waals surface area contributed by atoms with Gasteiger partial charge in [0.25, 0.3) is 0 Å². The summed E-state index contributed by atoms with van der Waals surface area (Å²) in [6, 6.07) is 0. The second-order valence-corrected chi connectivity index (χ2v) is 7.56. The fraction of sp³-hybridized carbons (Fsp3) is 0.818. The zero-order chi connectivity index (χ0) is 14.2. The lowest BCUT2D eigenvalue weighted by Gasteiger charge is -2.40. The molecule has 0 radical (unpaired) electrons. The molecule has 0 bridgehead atoms. The quantitative estimate of drug-likeness (QED) is 0.735. The lowest BCUT2D eigenvalue weighted by atomic mass is 10.2. The van der Waals surface area contributed by atoms with Gasteiger partial charge in [-0.25, -0.2) is 23.6 Å². The third-order valence-electron chi connectivity index (χ3n) is 3.81. The van der Waals surface area contributed by atoms with E-state index in [9.17, 15) is 14.2 Å². The summed E-state index contributed by atoms with van der Waals surface area (Å²) in [5, 5.41) is 0. The normalized spacial score (nSPS) is 25.0. The number of nitrogens with zero attached hydrogens (tertiary/aromatic N) is 3. The van der Waals surface area contributed by atoms with Crippen molar-refractivity contribution in [1.82, 2.24) is 14.0 Å². The first-order valence-electron chi connectivity index (χ1n) is 6.89. The minimum Gasteiger partial charge on any atom is -0.447 e. The number of hydrogen-bond acceptors (Lipinski definition) is 5. The Labute approximate surface area is 117 Å². The highest BCUT2D eigenvalue weighted by molar-refractivity contribution is 7.58. The highest BCUT2D eigenvalue weighted by Gasteiger charge is 2.52. The molecule has 3 saturated heterocycles. The van der Waals surface area contributed by atoms with Gasteiger partial charge in [-0.05, 0) is 12.8 Å². The molecule has 112 valence electrons. The van der Waals surface area contributed by atoms with E-state index in [4.69, 9.17) is 9.47 Å². The van der Waals surface area contributed by atoms with Gasteiger partial charge in [-0.2, -0.15) is 0 Å². The summed E-state index contributed by atoms with van der Waals surface area (Å²) in [7, 11) is -3.45. The SMILES string of the molecule is O=C1OCCN1P(=O)(N1CCCCC1)N1CCOC1=O. The first kappa shape index (κ1) is 13.7. The summed E-state index contributed by atoms with van der Waals surface area (Å²) in [4.78, 5) is 23.7. The van der Waals surface area contributed by atoms with Crippen LogP contribution in [0.2, 0.25) is 0 Å². The second-order valence-electron chi connectivity index (χ2n) is 5.00. The molecule has 3 rings (SSSR count). The molecule has 3 fully saturated rings. The van der Waals surface area contributed by atoms with Gasteiger partial charge in [-0.1, -0.05) is 6.42 Å². The van der Waals surface area contributed by atoms with Crippen molar-refractivity contribution in [3.05, 3.63) is 0 Å². The molecule has 0 atom stereocenters. The van der Waals surface area contributed by atoms with Crippen LogP contribution in [0.3, 0.4) is 0 Å². The van der Waals surface area contributed by atoms with E-state index < -0.39 is 19.8 Å². The molecule has 9 heteroatoms. The lowest BCUT2D eigenvalue weighted by molar-refractivity contribution is 0.160. The van der Waals surface area contributed by atoms with Crippen molar-refractivity contribution in [2.45, 2.75) is 19.3 Å². The van der Waals surface area contributed by atoms with Crippen LogP contribution in [0.15, 0.2) is 0 Å². The molecule has 0 N–H and O–H groups in total. The Balaban J connectivity index is 1.95. The summed E-state index contributed by atoms with van der Waals surface area (Å²) in [6.45, 7) is 2.14. The predicted octanol–water partition coefficient (Wildman–Crippen LogP) is 1.48. The Hall–Kier alpha value is -1.27. The molecule has 0 unspecified atom stereocenters. The number of amides is 2. The molecule has 2 amide bonds. The monoisotopic (exact) mass is 303 g/mol. The summed E-state index contributed by atoms with van der Waals surface area (Å²) in [5.74, 6) is 0. The molecular formula is C11H18N3O5P. The summed E-state index contributed by atoms with van der Waals surface area (Å²) < 4.78 is 27.6. The van der Waals surface area contributed by atoms with Gasteiger partial charge >= 0.3 is 19.8 Å². The van der Waals surface area contributed by atoms with Gasteiger partial charge in [0.2, 0.25) is 0 Å². The smallest absolute Gasteiger partial charge is 0.417 e. The highest BCUT2D eigenvalue weighted by Crippen LogP contribution is 2.59. The number of carbonyl (C=O) groups is 2. The van der Waals surface area contributed by atoms with Crippen molar-refractivity contribution in [2.24, 2.45) is 0 Å². The summed E-state index contributed by atoms with van der Waals surface area (Å²) in [6.07, 6.45) is 1.67. The van der Waals surface area contributed by atoms with Crippen LogP contribution in [0.1, 0.15) is 19.3 Å². The van der Waals surface area contributed by atoms with Gasteiger partial charge in [-0.15, -0.1) is 0 Å². The third-order valence-corrected chi connectivity index (χ3v) is 6.93. The molecule has 0 aliphatic carbocycles. The van der Waals surface area contributed by atoms with Crippen LogP contribution in [-0.2, 0) is 14.0 Å². The van der Waals surface area contributed by atoms with Gasteiger partial charge in [0, 0.05) is 13.1 Å². The van der Waals surface area contributed by atoms with E-state index >= 15 is 0 Å². The minimum absolute atomic E-state index is 0.208. The Kier molecular flexibility index (Phi) is 3.60. The first-order chi connectivity index (χ1) is 9.64. The topological polar surface area (TPSA) is 79.4 Å². The van der Waals surface area contributed by atoms with Crippen LogP contribution in [0.25, 0.3) is 0 Å². The summed E-state index contributed by atoms with van der Waals surface area (Å²) >= 11 is 0. The van der Waals surface area contributed by atoms with Crippen molar-refractivity contribution in [1.29, 1.82) is 0 Å². The largest absolute Gasteiger partial charge is 0.447 e. The van der Waals surface area contributed by atoms with Crippen LogP contribution in [0, 0.1) is 0 Å². The number of piperidine rings is 1. The van der Waals surface area contributed by atoms with E-state index in [0.717, 1.165) is 19.3 Å². The standard InChI is InChI=1S/C11H18N3O5P/c15-10-13(6-8-18-10)20(17,12-4-2-1-3-5-12)14-7-9-19-11(14)16/h1-9H2. The number of cyclic esters (lactones) is 2.